The van der Waals surface area contributed by atoms with Crippen LogP contribution < -0.4 is 10.2 Å². The van der Waals surface area contributed by atoms with Gasteiger partial charge >= 0.3 is 0 Å². The molecule has 4 rings (SSSR count). The molecule has 1 N–H and O–H groups in total. The molecule has 1 amide bonds. The quantitative estimate of drug-likeness (QED) is 0.657. The van der Waals surface area contributed by atoms with Crippen molar-refractivity contribution < 1.29 is 9.18 Å². The number of aromatic nitrogens is 1. The van der Waals surface area contributed by atoms with E-state index >= 15 is 0 Å². The Hall–Kier alpha value is -2.34. The average Bonchev–Trinajstić information content (AvgIpc) is 3.25. The van der Waals surface area contributed by atoms with Crippen molar-refractivity contribution in [2.45, 2.75) is 12.8 Å². The summed E-state index contributed by atoms with van der Waals surface area (Å²) in [5.74, 6) is -0.751. The second-order valence-electron chi connectivity index (χ2n) is 6.52. The fraction of sp³-hybridized carbons (Fsp3) is 0.250. The zero-order valence-corrected chi connectivity index (χ0v) is 16.0. The van der Waals surface area contributed by atoms with Gasteiger partial charge in [-0.2, -0.15) is 0 Å². The molecule has 0 aliphatic carbocycles. The van der Waals surface area contributed by atoms with Crippen LogP contribution in [0, 0.1) is 5.82 Å². The molecule has 1 fully saturated rings. The lowest BCUT2D eigenvalue weighted by Gasteiger charge is -2.22. The predicted octanol–water partition coefficient (Wildman–Crippen LogP) is 4.93. The number of hydrogen-bond donors (Lipinski definition) is 1. The van der Waals surface area contributed by atoms with E-state index in [0.29, 0.717) is 10.2 Å². The van der Waals surface area contributed by atoms with Gasteiger partial charge in [0.25, 0.3) is 5.91 Å². The van der Waals surface area contributed by atoms with Crippen LogP contribution in [-0.2, 0) is 7.05 Å². The van der Waals surface area contributed by atoms with Gasteiger partial charge in [0, 0.05) is 31.0 Å². The topological polar surface area (TPSA) is 37.3 Å². The third-order valence-corrected chi connectivity index (χ3v) is 5.74. The van der Waals surface area contributed by atoms with Crippen molar-refractivity contribution in [2.24, 2.45) is 7.05 Å². The molecule has 0 saturated carbocycles. The number of para-hydroxylation sites is 2. The summed E-state index contributed by atoms with van der Waals surface area (Å²) in [5, 5.41) is 3.76. The summed E-state index contributed by atoms with van der Waals surface area (Å²) in [5.41, 5.74) is 2.40. The number of carbonyl (C=O) groups is 1. The molecule has 6 heteroatoms. The highest BCUT2D eigenvalue weighted by Crippen LogP contribution is 2.34. The van der Waals surface area contributed by atoms with Gasteiger partial charge in [-0.25, -0.2) is 4.39 Å². The fourth-order valence-electron chi connectivity index (χ4n) is 3.63. The lowest BCUT2D eigenvalue weighted by Crippen LogP contribution is -2.23. The fourth-order valence-corrected chi connectivity index (χ4v) is 4.41. The van der Waals surface area contributed by atoms with Crippen LogP contribution in [0.3, 0.4) is 0 Å². The smallest absolute Gasteiger partial charge is 0.273 e. The summed E-state index contributed by atoms with van der Waals surface area (Å²) in [6.45, 7) is 1.76. The number of anilines is 2. The van der Waals surface area contributed by atoms with Crippen molar-refractivity contribution in [3.8, 4) is 0 Å². The minimum Gasteiger partial charge on any atom is -0.370 e. The van der Waals surface area contributed by atoms with E-state index in [2.05, 4.69) is 26.1 Å². The Balaban J connectivity index is 1.74. The van der Waals surface area contributed by atoms with Crippen molar-refractivity contribution in [3.05, 3.63) is 58.4 Å². The Bertz CT molecular complexity index is 953. The minimum atomic E-state index is -0.419. The highest BCUT2D eigenvalue weighted by atomic mass is 79.9. The van der Waals surface area contributed by atoms with Crippen LogP contribution in [0.25, 0.3) is 10.9 Å². The molecule has 1 aliphatic heterocycles. The Morgan fingerprint density at radius 2 is 1.85 bits per heavy atom. The molecule has 1 saturated heterocycles. The lowest BCUT2D eigenvalue weighted by molar-refractivity contribution is 0.101. The van der Waals surface area contributed by atoms with Crippen LogP contribution in [0.5, 0.6) is 0 Å². The number of benzene rings is 2. The van der Waals surface area contributed by atoms with Crippen molar-refractivity contribution in [3.63, 3.8) is 0 Å². The molecule has 0 radical (unpaired) electrons. The molecular weight excluding hydrogens is 397 g/mol. The highest BCUT2D eigenvalue weighted by Gasteiger charge is 2.23. The summed E-state index contributed by atoms with van der Waals surface area (Å²) < 4.78 is 17.1. The average molecular weight is 416 g/mol. The number of rotatable bonds is 3. The van der Waals surface area contributed by atoms with Gasteiger partial charge in [-0.15, -0.1) is 0 Å². The van der Waals surface area contributed by atoms with E-state index in [1.54, 1.807) is 6.07 Å². The number of aryl methyl sites for hydroxylation is 1. The monoisotopic (exact) mass is 415 g/mol. The van der Waals surface area contributed by atoms with Gasteiger partial charge in [-0.05, 0) is 47.0 Å². The van der Waals surface area contributed by atoms with Gasteiger partial charge in [0.1, 0.15) is 17.2 Å². The summed E-state index contributed by atoms with van der Waals surface area (Å²) >= 11 is 3.53. The van der Waals surface area contributed by atoms with E-state index in [0.717, 1.165) is 42.5 Å². The van der Waals surface area contributed by atoms with Crippen LogP contribution in [0.15, 0.2) is 46.9 Å². The standard InChI is InChI=1S/C20H19BrFN3O/c1-24-15-9-3-2-7-13(15)17(21)19(24)20(26)23-18-14(22)8-6-10-16(18)25-11-4-5-12-25/h2-3,6-10H,4-5,11-12H2,1H3,(H,23,26). The Labute approximate surface area is 159 Å². The Morgan fingerprint density at radius 1 is 1.12 bits per heavy atom. The van der Waals surface area contributed by atoms with Crippen LogP contribution >= 0.6 is 15.9 Å². The molecule has 3 aromatic rings. The van der Waals surface area contributed by atoms with Crippen LogP contribution in [0.2, 0.25) is 0 Å². The maximum absolute atomic E-state index is 14.5. The van der Waals surface area contributed by atoms with E-state index < -0.39 is 5.82 Å². The van der Waals surface area contributed by atoms with Gasteiger partial charge < -0.3 is 14.8 Å². The van der Waals surface area contributed by atoms with E-state index in [-0.39, 0.29) is 11.6 Å². The highest BCUT2D eigenvalue weighted by molar-refractivity contribution is 9.10. The van der Waals surface area contributed by atoms with E-state index in [1.807, 2.05) is 41.9 Å². The molecule has 0 spiro atoms. The van der Waals surface area contributed by atoms with Crippen LogP contribution in [0.4, 0.5) is 15.8 Å². The van der Waals surface area contributed by atoms with Gasteiger partial charge in [-0.1, -0.05) is 24.3 Å². The number of nitrogens with one attached hydrogen (secondary N) is 1. The molecule has 0 bridgehead atoms. The van der Waals surface area contributed by atoms with Crippen molar-refractivity contribution in [2.75, 3.05) is 23.3 Å². The number of amides is 1. The lowest BCUT2D eigenvalue weighted by atomic mass is 10.2. The van der Waals surface area contributed by atoms with Crippen molar-refractivity contribution in [1.82, 2.24) is 4.57 Å². The maximum Gasteiger partial charge on any atom is 0.273 e. The number of carbonyl (C=O) groups excluding carboxylic acids is 1. The minimum absolute atomic E-state index is 0.247. The molecular formula is C20H19BrFN3O. The third kappa shape index (κ3) is 2.78. The summed E-state index contributed by atoms with van der Waals surface area (Å²) in [4.78, 5) is 15.1. The first-order valence-electron chi connectivity index (χ1n) is 8.65. The normalized spacial score (nSPS) is 14.2. The van der Waals surface area contributed by atoms with Gasteiger partial charge in [0.05, 0.1) is 10.2 Å². The molecule has 0 unspecified atom stereocenters. The molecule has 2 aromatic carbocycles. The first kappa shape index (κ1) is 17.1. The number of nitrogens with zero attached hydrogens (tertiary/aromatic N) is 2. The molecule has 1 aliphatic rings. The third-order valence-electron chi connectivity index (χ3n) is 4.94. The van der Waals surface area contributed by atoms with Gasteiger partial charge in [0.2, 0.25) is 0 Å². The second-order valence-corrected chi connectivity index (χ2v) is 7.31. The second kappa shape index (κ2) is 6.76. The summed E-state index contributed by atoms with van der Waals surface area (Å²) in [6, 6.07) is 12.7. The Kier molecular flexibility index (Phi) is 4.44. The first-order chi connectivity index (χ1) is 12.6. The van der Waals surface area contributed by atoms with Gasteiger partial charge in [-0.3, -0.25) is 4.79 Å². The Morgan fingerprint density at radius 3 is 2.58 bits per heavy atom. The number of halogens is 2. The molecule has 26 heavy (non-hydrogen) atoms. The van der Waals surface area contributed by atoms with E-state index in [1.165, 1.54) is 6.07 Å². The van der Waals surface area contributed by atoms with Crippen LogP contribution in [0.1, 0.15) is 23.3 Å². The largest absolute Gasteiger partial charge is 0.370 e. The van der Waals surface area contributed by atoms with Gasteiger partial charge in [0.15, 0.2) is 0 Å². The zero-order valence-electron chi connectivity index (χ0n) is 14.4. The van der Waals surface area contributed by atoms with Crippen molar-refractivity contribution in [1.29, 1.82) is 0 Å². The molecule has 134 valence electrons. The van der Waals surface area contributed by atoms with E-state index in [4.69, 9.17) is 0 Å². The SMILES string of the molecule is Cn1c(C(=O)Nc2c(F)cccc2N2CCCC2)c(Br)c2ccccc21. The maximum atomic E-state index is 14.5. The molecule has 4 nitrogen and oxygen atoms in total. The summed E-state index contributed by atoms with van der Waals surface area (Å²) in [7, 11) is 1.84. The van der Waals surface area contributed by atoms with Crippen molar-refractivity contribution >= 4 is 44.1 Å². The number of fused-ring (bicyclic) bond motifs is 1. The molecule has 1 aromatic heterocycles. The van der Waals surface area contributed by atoms with Crippen LogP contribution in [-0.4, -0.2) is 23.6 Å². The predicted molar refractivity (Wildman–Crippen MR) is 106 cm³/mol. The first-order valence-corrected chi connectivity index (χ1v) is 9.45. The zero-order chi connectivity index (χ0) is 18.3. The molecule has 0 atom stereocenters. The van der Waals surface area contributed by atoms with E-state index in [9.17, 15) is 9.18 Å². The summed E-state index contributed by atoms with van der Waals surface area (Å²) in [6.07, 6.45) is 2.16. The number of hydrogen-bond acceptors (Lipinski definition) is 2. The molecule has 2 heterocycles.